The van der Waals surface area contributed by atoms with Crippen LogP contribution in [0.3, 0.4) is 0 Å². The third-order valence-corrected chi connectivity index (χ3v) is 5.75. The van der Waals surface area contributed by atoms with Gasteiger partial charge in [0.15, 0.2) is 9.84 Å². The monoisotopic (exact) mass is 282 g/mol. The summed E-state index contributed by atoms with van der Waals surface area (Å²) in [6.07, 6.45) is 2.92. The van der Waals surface area contributed by atoms with Crippen molar-refractivity contribution < 1.29 is 17.9 Å². The van der Waals surface area contributed by atoms with Gasteiger partial charge in [0.2, 0.25) is 0 Å². The fourth-order valence-electron chi connectivity index (χ4n) is 2.39. The molecule has 1 aromatic rings. The average molecular weight is 282 g/mol. The predicted molar refractivity (Wildman–Crippen MR) is 71.7 cm³/mol. The first-order valence-electron chi connectivity index (χ1n) is 6.37. The van der Waals surface area contributed by atoms with E-state index in [0.29, 0.717) is 4.90 Å². The molecule has 1 aromatic carbocycles. The third kappa shape index (κ3) is 2.81. The van der Waals surface area contributed by atoms with E-state index in [9.17, 15) is 13.2 Å². The number of benzene rings is 1. The molecule has 0 radical (unpaired) electrons. The van der Waals surface area contributed by atoms with Gasteiger partial charge in [0.1, 0.15) is 0 Å². The molecule has 0 bridgehead atoms. The molecule has 0 heterocycles. The summed E-state index contributed by atoms with van der Waals surface area (Å²) in [4.78, 5) is 11.5. The number of fused-ring (bicyclic) bond motifs is 1. The summed E-state index contributed by atoms with van der Waals surface area (Å²) < 4.78 is 29.3. The van der Waals surface area contributed by atoms with Crippen LogP contribution in [0.4, 0.5) is 0 Å². The lowest BCUT2D eigenvalue weighted by atomic mass is 10.1. The van der Waals surface area contributed by atoms with Gasteiger partial charge < -0.3 is 4.74 Å². The Morgan fingerprint density at radius 2 is 2.00 bits per heavy atom. The van der Waals surface area contributed by atoms with E-state index in [2.05, 4.69) is 4.74 Å². The highest BCUT2D eigenvalue weighted by Crippen LogP contribution is 2.27. The van der Waals surface area contributed by atoms with Crippen molar-refractivity contribution in [1.29, 1.82) is 0 Å². The van der Waals surface area contributed by atoms with E-state index in [1.165, 1.54) is 12.7 Å². The Kier molecular flexibility index (Phi) is 3.94. The Labute approximate surface area is 113 Å². The van der Waals surface area contributed by atoms with Crippen molar-refractivity contribution in [1.82, 2.24) is 0 Å². The molecule has 0 aromatic heterocycles. The first-order valence-corrected chi connectivity index (χ1v) is 7.92. The molecule has 0 saturated heterocycles. The van der Waals surface area contributed by atoms with E-state index in [-0.39, 0.29) is 6.42 Å². The zero-order valence-electron chi connectivity index (χ0n) is 11.2. The molecule has 0 saturated carbocycles. The van der Waals surface area contributed by atoms with E-state index in [4.69, 9.17) is 0 Å². The van der Waals surface area contributed by atoms with Crippen LogP contribution in [-0.2, 0) is 32.2 Å². The first kappa shape index (κ1) is 14.1. The zero-order valence-corrected chi connectivity index (χ0v) is 12.0. The van der Waals surface area contributed by atoms with Gasteiger partial charge in [-0.2, -0.15) is 0 Å². The van der Waals surface area contributed by atoms with E-state index in [1.807, 2.05) is 6.07 Å². The lowest BCUT2D eigenvalue weighted by molar-refractivity contribution is -0.140. The van der Waals surface area contributed by atoms with Crippen molar-refractivity contribution in [2.75, 3.05) is 7.11 Å². The van der Waals surface area contributed by atoms with Crippen LogP contribution in [0.25, 0.3) is 0 Å². The van der Waals surface area contributed by atoms with E-state index in [0.717, 1.165) is 24.8 Å². The maximum Gasteiger partial charge on any atom is 0.306 e. The van der Waals surface area contributed by atoms with Gasteiger partial charge in [-0.05, 0) is 49.4 Å². The smallest absolute Gasteiger partial charge is 0.306 e. The van der Waals surface area contributed by atoms with Crippen LogP contribution in [0.1, 0.15) is 30.9 Å². The number of esters is 1. The predicted octanol–water partition coefficient (Wildman–Crippen LogP) is 1.90. The summed E-state index contributed by atoms with van der Waals surface area (Å²) >= 11 is 0. The van der Waals surface area contributed by atoms with E-state index >= 15 is 0 Å². The molecule has 0 spiro atoms. The SMILES string of the molecule is COC(=O)CC(C)S(=O)(=O)c1ccc2c(c1)CCC2. The van der Waals surface area contributed by atoms with Crippen LogP contribution in [0, 0.1) is 0 Å². The molecule has 0 N–H and O–H groups in total. The van der Waals surface area contributed by atoms with Gasteiger partial charge in [0.25, 0.3) is 0 Å². The molecule has 4 nitrogen and oxygen atoms in total. The minimum Gasteiger partial charge on any atom is -0.469 e. The summed E-state index contributed by atoms with van der Waals surface area (Å²) in [6.45, 7) is 1.54. The molecule has 19 heavy (non-hydrogen) atoms. The van der Waals surface area contributed by atoms with Crippen LogP contribution in [0.2, 0.25) is 0 Å². The maximum atomic E-state index is 12.4. The lowest BCUT2D eigenvalue weighted by Gasteiger charge is -2.13. The Hall–Kier alpha value is -1.36. The standard InChI is InChI=1S/C14H18O4S/c1-10(8-14(15)18-2)19(16,17)13-7-6-11-4-3-5-12(11)9-13/h6-7,9-10H,3-5,8H2,1-2H3. The Bertz CT molecular complexity index is 589. The first-order chi connectivity index (χ1) is 8.95. The highest BCUT2D eigenvalue weighted by atomic mass is 32.2. The normalized spacial score (nSPS) is 15.9. The molecule has 104 valence electrons. The Morgan fingerprint density at radius 3 is 2.68 bits per heavy atom. The van der Waals surface area contributed by atoms with Crippen molar-refractivity contribution in [3.05, 3.63) is 29.3 Å². The maximum absolute atomic E-state index is 12.4. The van der Waals surface area contributed by atoms with Crippen LogP contribution in [0.5, 0.6) is 0 Å². The number of sulfone groups is 1. The molecule has 1 aliphatic carbocycles. The minimum absolute atomic E-state index is 0.115. The number of ether oxygens (including phenoxy) is 1. The molecule has 2 rings (SSSR count). The molecule has 5 heteroatoms. The van der Waals surface area contributed by atoms with Gasteiger partial charge in [-0.25, -0.2) is 8.42 Å². The van der Waals surface area contributed by atoms with Crippen molar-refractivity contribution >= 4 is 15.8 Å². The third-order valence-electron chi connectivity index (χ3n) is 3.61. The van der Waals surface area contributed by atoms with Crippen LogP contribution in [0.15, 0.2) is 23.1 Å². The summed E-state index contributed by atoms with van der Waals surface area (Å²) in [5.74, 6) is -0.503. The molecule has 0 aliphatic heterocycles. The van der Waals surface area contributed by atoms with Gasteiger partial charge in [0, 0.05) is 0 Å². The van der Waals surface area contributed by atoms with E-state index < -0.39 is 21.1 Å². The zero-order chi connectivity index (χ0) is 14.0. The largest absolute Gasteiger partial charge is 0.469 e. The second-order valence-electron chi connectivity index (χ2n) is 4.92. The topological polar surface area (TPSA) is 60.4 Å². The highest BCUT2D eigenvalue weighted by Gasteiger charge is 2.27. The van der Waals surface area contributed by atoms with Crippen LogP contribution >= 0.6 is 0 Å². The Balaban J connectivity index is 2.26. The number of rotatable bonds is 4. The number of carbonyl (C=O) groups is 1. The van der Waals surface area contributed by atoms with Gasteiger partial charge >= 0.3 is 5.97 Å². The lowest BCUT2D eigenvalue weighted by Crippen LogP contribution is -2.22. The summed E-state index contributed by atoms with van der Waals surface area (Å²) in [6, 6.07) is 5.29. The van der Waals surface area contributed by atoms with Gasteiger partial charge in [0.05, 0.1) is 23.7 Å². The molecule has 1 aliphatic rings. The fraction of sp³-hybridized carbons (Fsp3) is 0.500. The minimum atomic E-state index is -3.47. The van der Waals surface area contributed by atoms with E-state index in [1.54, 1.807) is 19.1 Å². The number of methoxy groups -OCH3 is 1. The average Bonchev–Trinajstić information content (AvgIpc) is 2.85. The quantitative estimate of drug-likeness (QED) is 0.791. The number of hydrogen-bond acceptors (Lipinski definition) is 4. The second-order valence-corrected chi connectivity index (χ2v) is 7.29. The fourth-order valence-corrected chi connectivity index (χ4v) is 3.77. The number of carbonyl (C=O) groups excluding carboxylic acids is 1. The summed E-state index contributed by atoms with van der Waals surface area (Å²) in [7, 11) is -2.21. The molecular weight excluding hydrogens is 264 g/mol. The van der Waals surface area contributed by atoms with Crippen molar-refractivity contribution in [3.63, 3.8) is 0 Å². The molecular formula is C14H18O4S. The number of hydrogen-bond donors (Lipinski definition) is 0. The van der Waals surface area contributed by atoms with Crippen LogP contribution < -0.4 is 0 Å². The van der Waals surface area contributed by atoms with Gasteiger partial charge in [-0.3, -0.25) is 4.79 Å². The van der Waals surface area contributed by atoms with Crippen molar-refractivity contribution in [2.24, 2.45) is 0 Å². The van der Waals surface area contributed by atoms with Gasteiger partial charge in [-0.15, -0.1) is 0 Å². The molecule has 0 amide bonds. The highest BCUT2D eigenvalue weighted by molar-refractivity contribution is 7.92. The van der Waals surface area contributed by atoms with Crippen LogP contribution in [-0.4, -0.2) is 26.7 Å². The molecule has 0 fully saturated rings. The summed E-state index contributed by atoms with van der Waals surface area (Å²) in [5.41, 5.74) is 2.35. The Morgan fingerprint density at radius 1 is 1.32 bits per heavy atom. The van der Waals surface area contributed by atoms with Gasteiger partial charge in [-0.1, -0.05) is 6.07 Å². The van der Waals surface area contributed by atoms with Crippen molar-refractivity contribution in [2.45, 2.75) is 42.8 Å². The van der Waals surface area contributed by atoms with Crippen molar-refractivity contribution in [3.8, 4) is 0 Å². The molecule has 1 atom stereocenters. The molecule has 1 unspecified atom stereocenters. The number of aryl methyl sites for hydroxylation is 2. The summed E-state index contributed by atoms with van der Waals surface area (Å²) in [5, 5.41) is -0.764. The second kappa shape index (κ2) is 5.33.